The number of carboxylic acid groups (broad SMARTS) is 1. The van der Waals surface area contributed by atoms with Crippen molar-refractivity contribution in [1.82, 2.24) is 0 Å². The summed E-state index contributed by atoms with van der Waals surface area (Å²) in [4.78, 5) is 10.7. The number of carbonyl (C=O) groups is 1. The number of ether oxygens (including phenoxy) is 3. The molecule has 0 radical (unpaired) electrons. The van der Waals surface area contributed by atoms with Crippen molar-refractivity contribution in [2.45, 2.75) is 45.8 Å². The van der Waals surface area contributed by atoms with Gasteiger partial charge in [-0.15, -0.1) is 0 Å². The Morgan fingerprint density at radius 2 is 1.75 bits per heavy atom. The van der Waals surface area contributed by atoms with E-state index in [1.54, 1.807) is 20.8 Å². The van der Waals surface area contributed by atoms with Crippen molar-refractivity contribution in [3.8, 4) is 0 Å². The summed E-state index contributed by atoms with van der Waals surface area (Å²) >= 11 is 0. The third kappa shape index (κ3) is 4.05. The fourth-order valence-corrected chi connectivity index (χ4v) is 1.18. The van der Waals surface area contributed by atoms with Crippen LogP contribution in [0.2, 0.25) is 0 Å². The Balaban J connectivity index is 4.79. The Hall–Kier alpha value is -0.690. The molecule has 0 heterocycles. The molecule has 0 saturated carbocycles. The molecule has 0 spiro atoms. The van der Waals surface area contributed by atoms with E-state index in [4.69, 9.17) is 25.1 Å². The molecule has 6 heteroatoms. The molecule has 0 aliphatic carbocycles. The first-order valence-corrected chi connectivity index (χ1v) is 5.33. The second-order valence-corrected chi connectivity index (χ2v) is 3.36. The lowest BCUT2D eigenvalue weighted by Gasteiger charge is -2.36. The number of hydrogen-bond acceptors (Lipinski definition) is 5. The maximum absolute atomic E-state index is 10.7. The Kier molecular flexibility index (Phi) is 6.51. The molecule has 0 saturated heterocycles. The predicted molar refractivity (Wildman–Crippen MR) is 57.8 cm³/mol. The van der Waals surface area contributed by atoms with Gasteiger partial charge in [-0.2, -0.15) is 0 Å². The van der Waals surface area contributed by atoms with Crippen LogP contribution in [0.5, 0.6) is 0 Å². The van der Waals surface area contributed by atoms with Gasteiger partial charge in [0.05, 0.1) is 6.04 Å². The van der Waals surface area contributed by atoms with Gasteiger partial charge in [0.1, 0.15) is 0 Å². The summed E-state index contributed by atoms with van der Waals surface area (Å²) in [7, 11) is 0. The van der Waals surface area contributed by atoms with Crippen LogP contribution in [0.25, 0.3) is 0 Å². The molecule has 0 bridgehead atoms. The summed E-state index contributed by atoms with van der Waals surface area (Å²) < 4.78 is 15.9. The van der Waals surface area contributed by atoms with Crippen LogP contribution in [0.3, 0.4) is 0 Å². The molecule has 0 aromatic rings. The first kappa shape index (κ1) is 15.3. The van der Waals surface area contributed by atoms with Gasteiger partial charge >= 0.3 is 5.97 Å². The third-order valence-corrected chi connectivity index (χ3v) is 1.94. The normalized spacial score (nSPS) is 15.8. The summed E-state index contributed by atoms with van der Waals surface area (Å²) in [6, 6.07) is -0.603. The van der Waals surface area contributed by atoms with Crippen LogP contribution in [0.1, 0.15) is 27.7 Å². The van der Waals surface area contributed by atoms with Crippen LogP contribution in [0, 0.1) is 0 Å². The molecular weight excluding hydrogens is 214 g/mol. The Morgan fingerprint density at radius 3 is 2.00 bits per heavy atom. The van der Waals surface area contributed by atoms with Crippen LogP contribution < -0.4 is 5.73 Å². The average Bonchev–Trinajstić information content (AvgIpc) is 2.17. The lowest BCUT2D eigenvalue weighted by atomic mass is 10.3. The zero-order chi connectivity index (χ0) is 12.8. The summed E-state index contributed by atoms with van der Waals surface area (Å²) in [6.07, 6.45) is -1.05. The van der Waals surface area contributed by atoms with Gasteiger partial charge in [-0.3, -0.25) is 0 Å². The minimum absolute atomic E-state index is 0.313. The van der Waals surface area contributed by atoms with Crippen LogP contribution in [-0.4, -0.2) is 42.4 Å². The molecule has 2 unspecified atom stereocenters. The highest BCUT2D eigenvalue weighted by molar-refractivity contribution is 5.71. The van der Waals surface area contributed by atoms with E-state index < -0.39 is 24.1 Å². The van der Waals surface area contributed by atoms with Crippen molar-refractivity contribution in [2.24, 2.45) is 5.73 Å². The largest absolute Gasteiger partial charge is 0.479 e. The van der Waals surface area contributed by atoms with E-state index >= 15 is 0 Å². The highest BCUT2D eigenvalue weighted by Gasteiger charge is 2.40. The van der Waals surface area contributed by atoms with Crippen molar-refractivity contribution in [2.75, 3.05) is 13.2 Å². The van der Waals surface area contributed by atoms with E-state index in [1.165, 1.54) is 6.92 Å². The van der Waals surface area contributed by atoms with Crippen molar-refractivity contribution < 1.29 is 24.1 Å². The second kappa shape index (κ2) is 6.80. The Bertz CT molecular complexity index is 213. The van der Waals surface area contributed by atoms with E-state index in [-0.39, 0.29) is 0 Å². The number of nitrogens with two attached hydrogens (primary N) is 1. The molecule has 3 N–H and O–H groups in total. The van der Waals surface area contributed by atoms with Crippen LogP contribution in [-0.2, 0) is 19.0 Å². The molecular formula is C10H21NO5. The minimum Gasteiger partial charge on any atom is -0.479 e. The van der Waals surface area contributed by atoms with Gasteiger partial charge < -0.3 is 25.1 Å². The first-order chi connectivity index (χ1) is 7.39. The van der Waals surface area contributed by atoms with Gasteiger partial charge in [-0.05, 0) is 27.7 Å². The predicted octanol–water partition coefficient (Wildman–Crippen LogP) is 0.550. The van der Waals surface area contributed by atoms with E-state index in [2.05, 4.69) is 0 Å². The van der Waals surface area contributed by atoms with Gasteiger partial charge in [0.15, 0.2) is 6.10 Å². The second-order valence-electron chi connectivity index (χ2n) is 3.36. The Morgan fingerprint density at radius 1 is 1.31 bits per heavy atom. The molecule has 0 aliphatic rings. The molecule has 0 aromatic heterocycles. The average molecular weight is 235 g/mol. The smallest absolute Gasteiger partial charge is 0.332 e. The number of carboxylic acids is 1. The molecule has 0 rings (SSSR count). The monoisotopic (exact) mass is 235 g/mol. The Labute approximate surface area is 95.7 Å². The quantitative estimate of drug-likeness (QED) is 0.597. The molecule has 6 nitrogen and oxygen atoms in total. The maximum Gasteiger partial charge on any atom is 0.332 e. The SMILES string of the molecule is CCOC(OCC)(OC(C)C(=O)O)C(C)N. The van der Waals surface area contributed by atoms with Crippen molar-refractivity contribution in [3.63, 3.8) is 0 Å². The van der Waals surface area contributed by atoms with Crippen LogP contribution in [0.4, 0.5) is 0 Å². The molecule has 96 valence electrons. The first-order valence-electron chi connectivity index (χ1n) is 5.33. The molecule has 0 amide bonds. The molecule has 2 atom stereocenters. The number of hydrogen-bond donors (Lipinski definition) is 2. The lowest BCUT2D eigenvalue weighted by molar-refractivity contribution is -0.393. The summed E-state index contributed by atoms with van der Waals surface area (Å²) in [6.45, 7) is 7.18. The number of aliphatic carboxylic acids is 1. The van der Waals surface area contributed by atoms with Crippen molar-refractivity contribution in [1.29, 1.82) is 0 Å². The van der Waals surface area contributed by atoms with Crippen LogP contribution >= 0.6 is 0 Å². The van der Waals surface area contributed by atoms with Gasteiger partial charge in [-0.1, -0.05) is 0 Å². The third-order valence-electron chi connectivity index (χ3n) is 1.94. The van der Waals surface area contributed by atoms with Gasteiger partial charge in [0, 0.05) is 13.2 Å². The summed E-state index contributed by atoms with van der Waals surface area (Å²) in [5.41, 5.74) is 5.72. The highest BCUT2D eigenvalue weighted by atomic mass is 16.9. The summed E-state index contributed by atoms with van der Waals surface area (Å²) in [5.74, 6) is -2.59. The fourth-order valence-electron chi connectivity index (χ4n) is 1.18. The topological polar surface area (TPSA) is 91.0 Å². The zero-order valence-corrected chi connectivity index (χ0v) is 10.2. The van der Waals surface area contributed by atoms with Crippen molar-refractivity contribution in [3.05, 3.63) is 0 Å². The standard InChI is InChI=1S/C10H21NO5/c1-5-14-10(8(4)11,15-6-2)16-7(3)9(12)13/h7-8H,5-6,11H2,1-4H3,(H,12,13). The minimum atomic E-state index is -1.50. The van der Waals surface area contributed by atoms with E-state index in [0.717, 1.165) is 0 Å². The molecule has 0 aliphatic heterocycles. The lowest BCUT2D eigenvalue weighted by Crippen LogP contribution is -2.55. The zero-order valence-electron chi connectivity index (χ0n) is 10.2. The van der Waals surface area contributed by atoms with Gasteiger partial charge in [-0.25, -0.2) is 4.79 Å². The van der Waals surface area contributed by atoms with E-state index in [9.17, 15) is 4.79 Å². The van der Waals surface area contributed by atoms with Gasteiger partial charge in [0.25, 0.3) is 5.97 Å². The molecule has 0 aromatic carbocycles. The van der Waals surface area contributed by atoms with Crippen LogP contribution in [0.15, 0.2) is 0 Å². The number of rotatable bonds is 8. The fraction of sp³-hybridized carbons (Fsp3) is 0.900. The van der Waals surface area contributed by atoms with E-state index in [1.807, 2.05) is 0 Å². The summed E-state index contributed by atoms with van der Waals surface area (Å²) in [5, 5.41) is 8.79. The van der Waals surface area contributed by atoms with E-state index in [0.29, 0.717) is 13.2 Å². The molecule has 0 fully saturated rings. The molecule has 16 heavy (non-hydrogen) atoms. The highest BCUT2D eigenvalue weighted by Crippen LogP contribution is 2.21. The van der Waals surface area contributed by atoms with Crippen molar-refractivity contribution >= 4 is 5.97 Å². The van der Waals surface area contributed by atoms with Gasteiger partial charge in [0.2, 0.25) is 0 Å². The maximum atomic E-state index is 10.7.